The van der Waals surface area contributed by atoms with Crippen LogP contribution in [0.5, 0.6) is 0 Å². The Morgan fingerprint density at radius 2 is 2.15 bits per heavy atom. The van der Waals surface area contributed by atoms with Gasteiger partial charge in [-0.15, -0.1) is 0 Å². The molecule has 106 valence electrons. The summed E-state index contributed by atoms with van der Waals surface area (Å²) in [5.74, 6) is -0.366. The summed E-state index contributed by atoms with van der Waals surface area (Å²) in [6.07, 6.45) is 2.70. The highest BCUT2D eigenvalue weighted by Crippen LogP contribution is 2.16. The smallest absolute Gasteiger partial charge is 0.305 e. The molecule has 0 saturated heterocycles. The van der Waals surface area contributed by atoms with E-state index in [-0.39, 0.29) is 11.9 Å². The van der Waals surface area contributed by atoms with E-state index in [1.54, 1.807) is 13.0 Å². The van der Waals surface area contributed by atoms with Crippen LogP contribution >= 0.6 is 0 Å². The third-order valence-electron chi connectivity index (χ3n) is 2.98. The van der Waals surface area contributed by atoms with Gasteiger partial charge in [-0.1, -0.05) is 12.1 Å². The van der Waals surface area contributed by atoms with Crippen molar-refractivity contribution in [1.29, 1.82) is 0 Å². The van der Waals surface area contributed by atoms with Crippen molar-refractivity contribution in [3.05, 3.63) is 36.0 Å². The van der Waals surface area contributed by atoms with Crippen molar-refractivity contribution >= 4 is 22.8 Å². The SMILES string of the molecule is CCOC(=O)CCCNC(=O)c1cccc2cc[nH]c12. The van der Waals surface area contributed by atoms with E-state index in [2.05, 4.69) is 10.3 Å². The molecule has 0 spiro atoms. The van der Waals surface area contributed by atoms with Crippen molar-refractivity contribution < 1.29 is 14.3 Å². The van der Waals surface area contributed by atoms with Crippen LogP contribution in [0, 0.1) is 0 Å². The molecule has 2 rings (SSSR count). The summed E-state index contributed by atoms with van der Waals surface area (Å²) in [5.41, 5.74) is 1.44. The first-order valence-electron chi connectivity index (χ1n) is 6.72. The lowest BCUT2D eigenvalue weighted by Crippen LogP contribution is -2.25. The number of amides is 1. The first-order valence-corrected chi connectivity index (χ1v) is 6.72. The fourth-order valence-corrected chi connectivity index (χ4v) is 2.04. The van der Waals surface area contributed by atoms with Crippen LogP contribution in [0.1, 0.15) is 30.1 Å². The van der Waals surface area contributed by atoms with Crippen LogP contribution in [0.4, 0.5) is 0 Å². The van der Waals surface area contributed by atoms with Gasteiger partial charge in [0.15, 0.2) is 0 Å². The highest BCUT2D eigenvalue weighted by Gasteiger charge is 2.10. The van der Waals surface area contributed by atoms with E-state index in [9.17, 15) is 9.59 Å². The zero-order valence-corrected chi connectivity index (χ0v) is 11.4. The summed E-state index contributed by atoms with van der Waals surface area (Å²) in [6.45, 7) is 2.62. The summed E-state index contributed by atoms with van der Waals surface area (Å²) in [4.78, 5) is 26.3. The van der Waals surface area contributed by atoms with E-state index in [0.29, 0.717) is 31.6 Å². The summed E-state index contributed by atoms with van der Waals surface area (Å²) >= 11 is 0. The third-order valence-corrected chi connectivity index (χ3v) is 2.98. The highest BCUT2D eigenvalue weighted by molar-refractivity contribution is 6.05. The van der Waals surface area contributed by atoms with E-state index in [1.807, 2.05) is 24.4 Å². The number of aromatic amines is 1. The molecule has 0 bridgehead atoms. The minimum atomic E-state index is -0.229. The number of ether oxygens (including phenoxy) is 1. The fourth-order valence-electron chi connectivity index (χ4n) is 2.04. The predicted molar refractivity (Wildman–Crippen MR) is 76.5 cm³/mol. The molecule has 0 fully saturated rings. The monoisotopic (exact) mass is 274 g/mol. The molecule has 5 heteroatoms. The van der Waals surface area contributed by atoms with Crippen LogP contribution in [0.15, 0.2) is 30.5 Å². The number of fused-ring (bicyclic) bond motifs is 1. The van der Waals surface area contributed by atoms with Gasteiger partial charge in [0.05, 0.1) is 17.7 Å². The van der Waals surface area contributed by atoms with Gasteiger partial charge in [0.2, 0.25) is 0 Å². The molecule has 1 aromatic carbocycles. The summed E-state index contributed by atoms with van der Waals surface area (Å²) in [6, 6.07) is 7.50. The minimum Gasteiger partial charge on any atom is -0.466 e. The molecule has 0 saturated carbocycles. The predicted octanol–water partition coefficient (Wildman–Crippen LogP) is 2.24. The molecule has 2 N–H and O–H groups in total. The first kappa shape index (κ1) is 14.1. The number of aromatic nitrogens is 1. The Kier molecular flexibility index (Phi) is 4.76. The van der Waals surface area contributed by atoms with E-state index >= 15 is 0 Å². The van der Waals surface area contributed by atoms with Gasteiger partial charge in [0, 0.05) is 24.5 Å². The van der Waals surface area contributed by atoms with Gasteiger partial charge in [-0.2, -0.15) is 0 Å². The molecule has 0 atom stereocenters. The van der Waals surface area contributed by atoms with Gasteiger partial charge in [-0.3, -0.25) is 9.59 Å². The Hall–Kier alpha value is -2.30. The molecule has 20 heavy (non-hydrogen) atoms. The first-order chi connectivity index (χ1) is 9.72. The lowest BCUT2D eigenvalue weighted by Gasteiger charge is -2.06. The number of hydrogen-bond donors (Lipinski definition) is 2. The zero-order chi connectivity index (χ0) is 14.4. The van der Waals surface area contributed by atoms with Crippen LogP contribution in [-0.4, -0.2) is 30.0 Å². The Morgan fingerprint density at radius 3 is 2.95 bits per heavy atom. The molecule has 0 unspecified atom stereocenters. The fraction of sp³-hybridized carbons (Fsp3) is 0.333. The molecular formula is C15H18N2O3. The highest BCUT2D eigenvalue weighted by atomic mass is 16.5. The summed E-state index contributed by atoms with van der Waals surface area (Å²) in [7, 11) is 0. The largest absolute Gasteiger partial charge is 0.466 e. The standard InChI is InChI=1S/C15H18N2O3/c1-2-20-13(18)7-4-9-17-15(19)12-6-3-5-11-8-10-16-14(11)12/h3,5-6,8,10,16H,2,4,7,9H2,1H3,(H,17,19). The molecule has 1 heterocycles. The Morgan fingerprint density at radius 1 is 1.30 bits per heavy atom. The molecule has 1 amide bonds. The van der Waals surface area contributed by atoms with Crippen molar-refractivity contribution in [3.8, 4) is 0 Å². The van der Waals surface area contributed by atoms with Crippen molar-refractivity contribution in [3.63, 3.8) is 0 Å². The maximum Gasteiger partial charge on any atom is 0.305 e. The van der Waals surface area contributed by atoms with Gasteiger partial charge in [0.25, 0.3) is 5.91 Å². The number of nitrogens with one attached hydrogen (secondary N) is 2. The van der Waals surface area contributed by atoms with E-state index < -0.39 is 0 Å². The molecule has 0 aliphatic heterocycles. The number of carbonyl (C=O) groups excluding carboxylic acids is 2. The second-order valence-corrected chi connectivity index (χ2v) is 4.41. The van der Waals surface area contributed by atoms with Crippen LogP contribution in [-0.2, 0) is 9.53 Å². The molecule has 1 aromatic heterocycles. The van der Waals surface area contributed by atoms with Gasteiger partial charge < -0.3 is 15.0 Å². The number of hydrogen-bond acceptors (Lipinski definition) is 3. The molecular weight excluding hydrogens is 256 g/mol. The van der Waals surface area contributed by atoms with Gasteiger partial charge in [-0.25, -0.2) is 0 Å². The van der Waals surface area contributed by atoms with Crippen molar-refractivity contribution in [2.45, 2.75) is 19.8 Å². The van der Waals surface area contributed by atoms with Crippen LogP contribution in [0.3, 0.4) is 0 Å². The van der Waals surface area contributed by atoms with E-state index in [4.69, 9.17) is 4.74 Å². The zero-order valence-electron chi connectivity index (χ0n) is 11.4. The second kappa shape index (κ2) is 6.75. The Labute approximate surface area is 117 Å². The number of H-pyrrole nitrogens is 1. The van der Waals surface area contributed by atoms with Gasteiger partial charge in [-0.05, 0) is 25.5 Å². The third kappa shape index (κ3) is 3.38. The molecule has 5 nitrogen and oxygen atoms in total. The topological polar surface area (TPSA) is 71.2 Å². The lowest BCUT2D eigenvalue weighted by molar-refractivity contribution is -0.143. The quantitative estimate of drug-likeness (QED) is 0.627. The van der Waals surface area contributed by atoms with Crippen molar-refractivity contribution in [2.75, 3.05) is 13.2 Å². The minimum absolute atomic E-state index is 0.137. The summed E-state index contributed by atoms with van der Waals surface area (Å²) in [5, 5.41) is 3.82. The number of carbonyl (C=O) groups is 2. The number of esters is 1. The lowest BCUT2D eigenvalue weighted by atomic mass is 10.1. The number of para-hydroxylation sites is 1. The van der Waals surface area contributed by atoms with Gasteiger partial charge >= 0.3 is 5.97 Å². The molecule has 2 aromatic rings. The van der Waals surface area contributed by atoms with Crippen molar-refractivity contribution in [2.24, 2.45) is 0 Å². The average molecular weight is 274 g/mol. The van der Waals surface area contributed by atoms with E-state index in [0.717, 1.165) is 10.9 Å². The van der Waals surface area contributed by atoms with E-state index in [1.165, 1.54) is 0 Å². The number of rotatable bonds is 6. The van der Waals surface area contributed by atoms with Crippen LogP contribution < -0.4 is 5.32 Å². The number of benzene rings is 1. The maximum absolute atomic E-state index is 12.1. The Balaban J connectivity index is 1.86. The Bertz CT molecular complexity index is 604. The molecule has 0 aliphatic rings. The normalized spacial score (nSPS) is 10.4. The molecule has 0 aliphatic carbocycles. The summed E-state index contributed by atoms with van der Waals surface area (Å²) < 4.78 is 4.82. The van der Waals surface area contributed by atoms with Crippen LogP contribution in [0.2, 0.25) is 0 Å². The molecule has 0 radical (unpaired) electrons. The van der Waals surface area contributed by atoms with Crippen LogP contribution in [0.25, 0.3) is 10.9 Å². The van der Waals surface area contributed by atoms with Gasteiger partial charge in [0.1, 0.15) is 0 Å². The van der Waals surface area contributed by atoms with Crippen molar-refractivity contribution in [1.82, 2.24) is 10.3 Å². The maximum atomic E-state index is 12.1. The second-order valence-electron chi connectivity index (χ2n) is 4.41. The average Bonchev–Trinajstić information content (AvgIpc) is 2.91.